The molecule has 16 heavy (non-hydrogen) atoms. The topological polar surface area (TPSA) is 57.0 Å². The van der Waals surface area contributed by atoms with Crippen molar-refractivity contribution < 1.29 is 4.79 Å². The predicted molar refractivity (Wildman–Crippen MR) is 58.6 cm³/mol. The Morgan fingerprint density at radius 3 is 3.12 bits per heavy atom. The fraction of sp³-hybridized carbons (Fsp3) is 0.417. The Morgan fingerprint density at radius 1 is 1.62 bits per heavy atom. The largest absolute Gasteiger partial charge is 0.323 e. The second-order valence-electron chi connectivity index (χ2n) is 4.04. The molecule has 82 valence electrons. The van der Waals surface area contributed by atoms with Gasteiger partial charge < -0.3 is 4.90 Å². The molecule has 0 saturated carbocycles. The first-order valence-electron chi connectivity index (χ1n) is 5.34. The minimum Gasteiger partial charge on any atom is -0.323 e. The van der Waals surface area contributed by atoms with Crippen LogP contribution < -0.4 is 0 Å². The fourth-order valence-electron chi connectivity index (χ4n) is 1.98. The molecule has 4 heteroatoms. The number of likely N-dealkylation sites (tertiary alicyclic amines) is 1. The minimum absolute atomic E-state index is 0.0831. The normalized spacial score (nSPS) is 19.5. The number of amides is 1. The third-order valence-corrected chi connectivity index (χ3v) is 2.78. The van der Waals surface area contributed by atoms with E-state index in [0.29, 0.717) is 12.1 Å². The van der Waals surface area contributed by atoms with Crippen molar-refractivity contribution in [3.63, 3.8) is 0 Å². The quantitative estimate of drug-likeness (QED) is 0.713. The van der Waals surface area contributed by atoms with E-state index in [1.165, 1.54) is 0 Å². The molecular formula is C12H13N3O. The molecule has 2 rings (SSSR count). The van der Waals surface area contributed by atoms with Gasteiger partial charge in [0.05, 0.1) is 11.6 Å². The summed E-state index contributed by atoms with van der Waals surface area (Å²) in [6, 6.07) is 3.70. The molecule has 0 aliphatic carbocycles. The van der Waals surface area contributed by atoms with Crippen LogP contribution >= 0.6 is 0 Å². The van der Waals surface area contributed by atoms with Crippen LogP contribution in [0.1, 0.15) is 28.8 Å². The molecule has 4 nitrogen and oxygen atoms in total. The number of rotatable bonds is 1. The van der Waals surface area contributed by atoms with E-state index in [2.05, 4.69) is 11.1 Å². The second kappa shape index (κ2) is 4.31. The van der Waals surface area contributed by atoms with E-state index < -0.39 is 0 Å². The fourth-order valence-corrected chi connectivity index (χ4v) is 1.98. The SMILES string of the molecule is Cc1cncc(C(=O)N2CCCC2C#N)c1. The Hall–Kier alpha value is -1.89. The summed E-state index contributed by atoms with van der Waals surface area (Å²) in [6.07, 6.45) is 4.95. The van der Waals surface area contributed by atoms with Gasteiger partial charge in [0.15, 0.2) is 0 Å². The smallest absolute Gasteiger partial charge is 0.256 e. The van der Waals surface area contributed by atoms with E-state index in [4.69, 9.17) is 5.26 Å². The molecule has 1 unspecified atom stereocenters. The van der Waals surface area contributed by atoms with Crippen molar-refractivity contribution in [3.05, 3.63) is 29.6 Å². The molecule has 1 aromatic heterocycles. The van der Waals surface area contributed by atoms with E-state index in [9.17, 15) is 4.79 Å². The lowest BCUT2D eigenvalue weighted by Crippen LogP contribution is -2.34. The first kappa shape index (κ1) is 10.6. The molecule has 0 radical (unpaired) electrons. The van der Waals surface area contributed by atoms with Gasteiger partial charge in [-0.2, -0.15) is 5.26 Å². The molecular weight excluding hydrogens is 202 g/mol. The van der Waals surface area contributed by atoms with Crippen molar-refractivity contribution in [1.29, 1.82) is 5.26 Å². The Labute approximate surface area is 94.5 Å². The number of nitrogens with zero attached hydrogens (tertiary/aromatic N) is 3. The predicted octanol–water partition coefficient (Wildman–Crippen LogP) is 1.52. The van der Waals surface area contributed by atoms with Gasteiger partial charge in [-0.1, -0.05) is 0 Å². The van der Waals surface area contributed by atoms with Gasteiger partial charge in [0.25, 0.3) is 5.91 Å². The summed E-state index contributed by atoms with van der Waals surface area (Å²) >= 11 is 0. The van der Waals surface area contributed by atoms with Crippen LogP contribution in [0.15, 0.2) is 18.5 Å². The summed E-state index contributed by atoms with van der Waals surface area (Å²) < 4.78 is 0. The Bertz CT molecular complexity index is 450. The molecule has 1 fully saturated rings. The lowest BCUT2D eigenvalue weighted by molar-refractivity contribution is 0.0764. The molecule has 1 amide bonds. The number of hydrogen-bond donors (Lipinski definition) is 0. The number of aryl methyl sites for hydroxylation is 1. The van der Waals surface area contributed by atoms with Crippen molar-refractivity contribution in [2.45, 2.75) is 25.8 Å². The van der Waals surface area contributed by atoms with Crippen LogP contribution in [0.25, 0.3) is 0 Å². The van der Waals surface area contributed by atoms with E-state index in [1.54, 1.807) is 17.3 Å². The van der Waals surface area contributed by atoms with Gasteiger partial charge in [0.1, 0.15) is 6.04 Å². The zero-order valence-corrected chi connectivity index (χ0v) is 9.18. The van der Waals surface area contributed by atoms with Crippen LogP contribution in [0.4, 0.5) is 0 Å². The number of pyridine rings is 1. The van der Waals surface area contributed by atoms with Gasteiger partial charge in [-0.25, -0.2) is 0 Å². The maximum absolute atomic E-state index is 12.1. The monoisotopic (exact) mass is 215 g/mol. The second-order valence-corrected chi connectivity index (χ2v) is 4.04. The van der Waals surface area contributed by atoms with E-state index in [-0.39, 0.29) is 11.9 Å². The van der Waals surface area contributed by atoms with Crippen LogP contribution in [0.5, 0.6) is 0 Å². The van der Waals surface area contributed by atoms with Crippen LogP contribution in [0, 0.1) is 18.3 Å². The van der Waals surface area contributed by atoms with Gasteiger partial charge in [-0.05, 0) is 31.4 Å². The molecule has 1 aromatic rings. The average Bonchev–Trinajstić information content (AvgIpc) is 2.76. The van der Waals surface area contributed by atoms with Gasteiger partial charge >= 0.3 is 0 Å². The Kier molecular flexibility index (Phi) is 2.86. The Morgan fingerprint density at radius 2 is 2.44 bits per heavy atom. The summed E-state index contributed by atoms with van der Waals surface area (Å²) in [5, 5.41) is 8.93. The van der Waals surface area contributed by atoms with Crippen LogP contribution in [-0.4, -0.2) is 28.4 Å². The molecule has 0 aromatic carbocycles. The highest BCUT2D eigenvalue weighted by Crippen LogP contribution is 2.19. The number of carbonyl (C=O) groups is 1. The average molecular weight is 215 g/mol. The molecule has 1 atom stereocenters. The first-order chi connectivity index (χ1) is 7.72. The third-order valence-electron chi connectivity index (χ3n) is 2.78. The summed E-state index contributed by atoms with van der Waals surface area (Å²) in [5.41, 5.74) is 1.53. The maximum atomic E-state index is 12.1. The van der Waals surface area contributed by atoms with Gasteiger partial charge in [0.2, 0.25) is 0 Å². The summed E-state index contributed by atoms with van der Waals surface area (Å²) in [4.78, 5) is 17.7. The van der Waals surface area contributed by atoms with Crippen LogP contribution in [-0.2, 0) is 0 Å². The molecule has 1 aliphatic rings. The summed E-state index contributed by atoms with van der Waals surface area (Å²) in [6.45, 7) is 2.57. The van der Waals surface area contributed by atoms with Gasteiger partial charge in [-0.3, -0.25) is 9.78 Å². The lowest BCUT2D eigenvalue weighted by Gasteiger charge is -2.19. The standard InChI is InChI=1S/C12H13N3O/c1-9-5-10(8-14-7-9)12(16)15-4-2-3-11(15)6-13/h5,7-8,11H,2-4H2,1H3. The van der Waals surface area contributed by atoms with Crippen LogP contribution in [0.2, 0.25) is 0 Å². The number of aromatic nitrogens is 1. The highest BCUT2D eigenvalue weighted by molar-refractivity contribution is 5.94. The zero-order chi connectivity index (χ0) is 11.5. The van der Waals surface area contributed by atoms with E-state index in [1.807, 2.05) is 13.0 Å². The third kappa shape index (κ3) is 1.89. The molecule has 0 spiro atoms. The van der Waals surface area contributed by atoms with Crippen molar-refractivity contribution >= 4 is 5.91 Å². The first-order valence-corrected chi connectivity index (χ1v) is 5.34. The lowest BCUT2D eigenvalue weighted by atomic mass is 10.2. The van der Waals surface area contributed by atoms with Crippen molar-refractivity contribution in [2.75, 3.05) is 6.54 Å². The number of carbonyl (C=O) groups excluding carboxylic acids is 1. The van der Waals surface area contributed by atoms with Gasteiger partial charge in [0, 0.05) is 18.9 Å². The zero-order valence-electron chi connectivity index (χ0n) is 9.18. The maximum Gasteiger partial charge on any atom is 0.256 e. The summed E-state index contributed by atoms with van der Waals surface area (Å²) in [7, 11) is 0. The van der Waals surface area contributed by atoms with Gasteiger partial charge in [-0.15, -0.1) is 0 Å². The molecule has 1 saturated heterocycles. The summed E-state index contributed by atoms with van der Waals surface area (Å²) in [5.74, 6) is -0.0831. The minimum atomic E-state index is -0.270. The van der Waals surface area contributed by atoms with Crippen LogP contribution in [0.3, 0.4) is 0 Å². The van der Waals surface area contributed by atoms with E-state index >= 15 is 0 Å². The molecule has 0 bridgehead atoms. The number of nitriles is 1. The molecule has 2 heterocycles. The van der Waals surface area contributed by atoms with Crippen molar-refractivity contribution in [2.24, 2.45) is 0 Å². The van der Waals surface area contributed by atoms with Crippen molar-refractivity contribution in [3.8, 4) is 6.07 Å². The Balaban J connectivity index is 2.23. The molecule has 1 aliphatic heterocycles. The highest BCUT2D eigenvalue weighted by atomic mass is 16.2. The number of hydrogen-bond acceptors (Lipinski definition) is 3. The molecule has 0 N–H and O–H groups in total. The van der Waals surface area contributed by atoms with E-state index in [0.717, 1.165) is 18.4 Å². The highest BCUT2D eigenvalue weighted by Gasteiger charge is 2.29. The van der Waals surface area contributed by atoms with Crippen molar-refractivity contribution in [1.82, 2.24) is 9.88 Å².